The standard InChI is InChI=1S/C13H15NO3.C12H13NO2/c15-7-10-6-11-8-17-13(14(11)12(10)16)9-4-2-1-3-5-9;14-11-7-6-10-8-15-12(13(10)11)9-4-2-1-3-5-9/h1-5,10-11,13,15H,6-8H2;1-5,10,12H,6-8H2/t10?,11?,13-;10?,12-/m11/s1. The maximum atomic E-state index is 12.1. The third kappa shape index (κ3) is 3.81. The summed E-state index contributed by atoms with van der Waals surface area (Å²) >= 11 is 0. The quantitative estimate of drug-likeness (QED) is 0.800. The number of aliphatic hydroxyl groups excluding tert-OH is 1. The first-order valence-electron chi connectivity index (χ1n) is 11.2. The smallest absolute Gasteiger partial charge is 0.230 e. The highest BCUT2D eigenvalue weighted by Gasteiger charge is 2.47. The molecule has 0 radical (unpaired) electrons. The van der Waals surface area contributed by atoms with E-state index in [1.54, 1.807) is 4.90 Å². The molecule has 0 bridgehead atoms. The van der Waals surface area contributed by atoms with E-state index in [9.17, 15) is 9.59 Å². The molecule has 7 heteroatoms. The lowest BCUT2D eigenvalue weighted by atomic mass is 10.1. The Kier molecular flexibility index (Phi) is 5.95. The summed E-state index contributed by atoms with van der Waals surface area (Å²) in [5.41, 5.74) is 2.08. The largest absolute Gasteiger partial charge is 0.396 e. The monoisotopic (exact) mass is 436 g/mol. The van der Waals surface area contributed by atoms with Gasteiger partial charge in [-0.25, -0.2) is 0 Å². The highest BCUT2D eigenvalue weighted by molar-refractivity contribution is 5.82. The summed E-state index contributed by atoms with van der Waals surface area (Å²) in [5.74, 6) is 0.00492. The highest BCUT2D eigenvalue weighted by atomic mass is 16.5. The second kappa shape index (κ2) is 9.02. The Balaban J connectivity index is 0.000000136. The first-order valence-corrected chi connectivity index (χ1v) is 11.2. The fraction of sp³-hybridized carbons (Fsp3) is 0.440. The molecule has 3 unspecified atom stereocenters. The number of fused-ring (bicyclic) bond motifs is 2. The van der Waals surface area contributed by atoms with Gasteiger partial charge in [-0.05, 0) is 12.8 Å². The molecule has 2 amide bonds. The molecular formula is C25H28N2O5. The van der Waals surface area contributed by atoms with E-state index < -0.39 is 0 Å². The van der Waals surface area contributed by atoms with E-state index in [1.165, 1.54) is 0 Å². The van der Waals surface area contributed by atoms with Crippen molar-refractivity contribution in [3.8, 4) is 0 Å². The van der Waals surface area contributed by atoms with Crippen LogP contribution >= 0.6 is 0 Å². The lowest BCUT2D eigenvalue weighted by molar-refractivity contribution is -0.138. The summed E-state index contributed by atoms with van der Waals surface area (Å²) in [5, 5.41) is 9.16. The van der Waals surface area contributed by atoms with Crippen molar-refractivity contribution in [3.05, 3.63) is 71.8 Å². The summed E-state index contributed by atoms with van der Waals surface area (Å²) in [6.45, 7) is 1.19. The number of hydrogen-bond donors (Lipinski definition) is 1. The van der Waals surface area contributed by atoms with Gasteiger partial charge >= 0.3 is 0 Å². The van der Waals surface area contributed by atoms with Crippen molar-refractivity contribution in [2.24, 2.45) is 5.92 Å². The van der Waals surface area contributed by atoms with E-state index in [0.717, 1.165) is 17.5 Å². The number of carbonyl (C=O) groups is 2. The molecule has 2 aromatic carbocycles. The van der Waals surface area contributed by atoms with E-state index in [4.69, 9.17) is 14.6 Å². The van der Waals surface area contributed by atoms with Crippen LogP contribution in [-0.4, -0.2) is 58.6 Å². The number of aliphatic hydroxyl groups is 1. The SMILES string of the molecule is O=C1C(CO)CC2CO[C@H](c3ccccc3)N12.O=C1CCC2CO[C@H](c3ccccc3)N12. The molecule has 6 rings (SSSR count). The van der Waals surface area contributed by atoms with Gasteiger partial charge in [-0.15, -0.1) is 0 Å². The molecule has 0 aliphatic carbocycles. The van der Waals surface area contributed by atoms with Crippen molar-refractivity contribution < 1.29 is 24.2 Å². The number of amides is 2. The van der Waals surface area contributed by atoms with Crippen LogP contribution in [0.15, 0.2) is 60.7 Å². The normalized spacial score (nSPS) is 30.8. The van der Waals surface area contributed by atoms with Crippen LogP contribution in [-0.2, 0) is 19.1 Å². The second-order valence-electron chi connectivity index (χ2n) is 8.70. The molecule has 168 valence electrons. The van der Waals surface area contributed by atoms with Gasteiger partial charge in [0.05, 0.1) is 37.8 Å². The van der Waals surface area contributed by atoms with Crippen LogP contribution in [0.4, 0.5) is 0 Å². The molecule has 2 aromatic rings. The zero-order valence-corrected chi connectivity index (χ0v) is 17.9. The number of nitrogens with zero attached hydrogens (tertiary/aromatic N) is 2. The zero-order valence-electron chi connectivity index (χ0n) is 17.9. The topological polar surface area (TPSA) is 79.3 Å². The average Bonchev–Trinajstić information content (AvgIpc) is 3.59. The van der Waals surface area contributed by atoms with Crippen LogP contribution in [0.3, 0.4) is 0 Å². The third-order valence-corrected chi connectivity index (χ3v) is 6.71. The average molecular weight is 437 g/mol. The maximum Gasteiger partial charge on any atom is 0.230 e. The molecule has 0 spiro atoms. The van der Waals surface area contributed by atoms with Gasteiger partial charge in [0, 0.05) is 17.5 Å². The third-order valence-electron chi connectivity index (χ3n) is 6.71. The Morgan fingerprint density at radius 2 is 1.38 bits per heavy atom. The Morgan fingerprint density at radius 3 is 1.97 bits per heavy atom. The summed E-state index contributed by atoms with van der Waals surface area (Å²) < 4.78 is 11.4. The fourth-order valence-corrected chi connectivity index (χ4v) is 5.10. The van der Waals surface area contributed by atoms with Crippen LogP contribution in [0, 0.1) is 5.92 Å². The highest BCUT2D eigenvalue weighted by Crippen LogP contribution is 2.39. The summed E-state index contributed by atoms with van der Waals surface area (Å²) in [4.78, 5) is 27.5. The number of benzene rings is 2. The number of carbonyl (C=O) groups excluding carboxylic acids is 2. The van der Waals surface area contributed by atoms with Gasteiger partial charge in [0.2, 0.25) is 11.8 Å². The van der Waals surface area contributed by atoms with E-state index in [0.29, 0.717) is 32.1 Å². The Hall–Kier alpha value is -2.74. The van der Waals surface area contributed by atoms with Crippen molar-refractivity contribution in [2.75, 3.05) is 19.8 Å². The van der Waals surface area contributed by atoms with Gasteiger partial charge in [-0.3, -0.25) is 9.59 Å². The molecule has 32 heavy (non-hydrogen) atoms. The molecule has 0 aromatic heterocycles. The predicted molar refractivity (Wildman–Crippen MR) is 116 cm³/mol. The molecule has 4 fully saturated rings. The van der Waals surface area contributed by atoms with E-state index >= 15 is 0 Å². The molecule has 1 N–H and O–H groups in total. The molecule has 5 atom stereocenters. The summed E-state index contributed by atoms with van der Waals surface area (Å²) in [6.07, 6.45) is 1.91. The van der Waals surface area contributed by atoms with Crippen LogP contribution in [0.5, 0.6) is 0 Å². The minimum Gasteiger partial charge on any atom is -0.396 e. The first-order chi connectivity index (χ1) is 15.7. The molecule has 7 nitrogen and oxygen atoms in total. The van der Waals surface area contributed by atoms with Crippen LogP contribution in [0.2, 0.25) is 0 Å². The minimum absolute atomic E-state index is 0.0175. The second-order valence-corrected chi connectivity index (χ2v) is 8.70. The molecule has 4 aliphatic heterocycles. The number of rotatable bonds is 3. The van der Waals surface area contributed by atoms with Crippen LogP contribution in [0.1, 0.15) is 42.8 Å². The van der Waals surface area contributed by atoms with Gasteiger partial charge in [-0.1, -0.05) is 60.7 Å². The van der Waals surface area contributed by atoms with Crippen molar-refractivity contribution >= 4 is 11.8 Å². The van der Waals surface area contributed by atoms with Crippen LogP contribution in [0.25, 0.3) is 0 Å². The Morgan fingerprint density at radius 1 is 0.812 bits per heavy atom. The van der Waals surface area contributed by atoms with E-state index in [-0.39, 0.29) is 42.8 Å². The van der Waals surface area contributed by atoms with Crippen LogP contribution < -0.4 is 0 Å². The zero-order chi connectivity index (χ0) is 22.1. The van der Waals surface area contributed by atoms with Gasteiger partial charge in [0.15, 0.2) is 12.5 Å². The van der Waals surface area contributed by atoms with Gasteiger partial charge in [-0.2, -0.15) is 0 Å². The summed E-state index contributed by atoms with van der Waals surface area (Å²) in [7, 11) is 0. The van der Waals surface area contributed by atoms with Crippen molar-refractivity contribution in [3.63, 3.8) is 0 Å². The molecule has 0 saturated carbocycles. The Bertz CT molecular complexity index is 953. The van der Waals surface area contributed by atoms with E-state index in [1.807, 2.05) is 65.6 Å². The van der Waals surface area contributed by atoms with Crippen molar-refractivity contribution in [1.82, 2.24) is 9.80 Å². The predicted octanol–water partition coefficient (Wildman–Crippen LogP) is 2.63. The lowest BCUT2D eigenvalue weighted by Gasteiger charge is -2.23. The molecular weight excluding hydrogens is 408 g/mol. The molecule has 4 heterocycles. The number of ether oxygens (including phenoxy) is 2. The molecule has 4 saturated heterocycles. The van der Waals surface area contributed by atoms with Crippen molar-refractivity contribution in [2.45, 2.75) is 43.8 Å². The number of hydrogen-bond acceptors (Lipinski definition) is 5. The first kappa shape index (κ1) is 21.1. The van der Waals surface area contributed by atoms with Crippen molar-refractivity contribution in [1.29, 1.82) is 0 Å². The van der Waals surface area contributed by atoms with E-state index in [2.05, 4.69) is 0 Å². The fourth-order valence-electron chi connectivity index (χ4n) is 5.10. The maximum absolute atomic E-state index is 12.1. The minimum atomic E-state index is -0.273. The summed E-state index contributed by atoms with van der Waals surface area (Å²) in [6, 6.07) is 20.1. The molecule has 4 aliphatic rings. The van der Waals surface area contributed by atoms with Gasteiger partial charge in [0.1, 0.15) is 0 Å². The Labute approximate surface area is 187 Å². The lowest BCUT2D eigenvalue weighted by Crippen LogP contribution is -2.32. The van der Waals surface area contributed by atoms with Gasteiger partial charge < -0.3 is 24.4 Å². The van der Waals surface area contributed by atoms with Gasteiger partial charge in [0.25, 0.3) is 0 Å².